The Morgan fingerprint density at radius 3 is 1.32 bits per heavy atom. The Balaban J connectivity index is -0.000000476. The third-order valence-corrected chi connectivity index (χ3v) is 7.35. The van der Waals surface area contributed by atoms with Gasteiger partial charge in [-0.15, -0.1) is 0 Å². The molecule has 0 saturated carbocycles. The second kappa shape index (κ2) is 19.5. The molecule has 0 N–H and O–H groups in total. The van der Waals surface area contributed by atoms with Gasteiger partial charge in [0.1, 0.15) is 0 Å². The Hall–Kier alpha value is 0. The fourth-order valence-electron chi connectivity index (χ4n) is 4.95. The van der Waals surface area contributed by atoms with Crippen molar-refractivity contribution in [1.82, 2.24) is 0 Å². The molecule has 0 nitrogen and oxygen atoms in total. The normalized spacial score (nSPS) is 16.7. The highest BCUT2D eigenvalue weighted by Gasteiger charge is 2.30. The van der Waals surface area contributed by atoms with E-state index in [0.29, 0.717) is 5.41 Å². The minimum absolute atomic E-state index is 0.458. The van der Waals surface area contributed by atoms with Crippen LogP contribution in [0.4, 0.5) is 0 Å². The lowest BCUT2D eigenvalue weighted by Gasteiger charge is -2.37. The SMILES string of the molecule is CC.CC(C)C(C)C(C)C(CC(C)(C)C)C(C)C.CCCC(C)CC(CCC)C(C)C. The van der Waals surface area contributed by atoms with Gasteiger partial charge in [0.05, 0.1) is 0 Å². The van der Waals surface area contributed by atoms with E-state index in [-0.39, 0.29) is 0 Å². The summed E-state index contributed by atoms with van der Waals surface area (Å²) in [6, 6.07) is 0. The van der Waals surface area contributed by atoms with Crippen molar-refractivity contribution >= 4 is 0 Å². The maximum Gasteiger partial charge on any atom is -0.0358 e. The Morgan fingerprint density at radius 2 is 1.03 bits per heavy atom. The first-order chi connectivity index (χ1) is 14.2. The van der Waals surface area contributed by atoms with E-state index in [9.17, 15) is 0 Å². The van der Waals surface area contributed by atoms with Gasteiger partial charge in [0.15, 0.2) is 0 Å². The fraction of sp³-hybridized carbons (Fsp3) is 1.00. The third kappa shape index (κ3) is 19.2. The first kappa shape index (κ1) is 35.6. The molecule has 0 rings (SSSR count). The monoisotopic (exact) mass is 441 g/mol. The lowest BCUT2D eigenvalue weighted by Crippen LogP contribution is -2.29. The van der Waals surface area contributed by atoms with E-state index in [1.807, 2.05) is 13.8 Å². The first-order valence-electron chi connectivity index (χ1n) is 14.2. The molecule has 0 amide bonds. The second-order valence-corrected chi connectivity index (χ2v) is 12.6. The molecule has 0 saturated heterocycles. The lowest BCUT2D eigenvalue weighted by atomic mass is 9.68. The van der Waals surface area contributed by atoms with Crippen molar-refractivity contribution < 1.29 is 0 Å². The van der Waals surface area contributed by atoms with Crippen LogP contribution in [-0.2, 0) is 0 Å². The number of hydrogen-bond acceptors (Lipinski definition) is 0. The molecule has 0 bridgehead atoms. The number of rotatable bonds is 12. The van der Waals surface area contributed by atoms with E-state index in [4.69, 9.17) is 0 Å². The molecule has 0 fully saturated rings. The Morgan fingerprint density at radius 1 is 0.581 bits per heavy atom. The van der Waals surface area contributed by atoms with Crippen LogP contribution in [0.1, 0.15) is 149 Å². The molecule has 192 valence electrons. The molecule has 0 aromatic rings. The average molecular weight is 441 g/mol. The van der Waals surface area contributed by atoms with Gasteiger partial charge in [0.25, 0.3) is 0 Å². The molecule has 0 aromatic carbocycles. The quantitative estimate of drug-likeness (QED) is 0.283. The highest BCUT2D eigenvalue weighted by atomic mass is 14.4. The minimum Gasteiger partial charge on any atom is -0.0683 e. The van der Waals surface area contributed by atoms with Crippen LogP contribution < -0.4 is 0 Å². The summed E-state index contributed by atoms with van der Waals surface area (Å²) in [5.41, 5.74) is 0.458. The van der Waals surface area contributed by atoms with Crippen LogP contribution >= 0.6 is 0 Å². The zero-order chi connectivity index (χ0) is 25.4. The van der Waals surface area contributed by atoms with E-state index >= 15 is 0 Å². The molecule has 0 radical (unpaired) electrons. The zero-order valence-electron chi connectivity index (χ0n) is 25.4. The summed E-state index contributed by atoms with van der Waals surface area (Å²) < 4.78 is 0. The maximum absolute atomic E-state index is 2.46. The van der Waals surface area contributed by atoms with Crippen molar-refractivity contribution in [2.45, 2.75) is 149 Å². The molecule has 31 heavy (non-hydrogen) atoms. The first-order valence-corrected chi connectivity index (χ1v) is 14.2. The molecule has 0 aliphatic rings. The van der Waals surface area contributed by atoms with Crippen molar-refractivity contribution in [3.63, 3.8) is 0 Å². The Labute approximate surface area is 202 Å². The maximum atomic E-state index is 2.46. The summed E-state index contributed by atoms with van der Waals surface area (Å²) in [5, 5.41) is 0. The highest BCUT2D eigenvalue weighted by Crippen LogP contribution is 2.38. The highest BCUT2D eigenvalue weighted by molar-refractivity contribution is 4.79. The molecule has 0 aliphatic carbocycles. The van der Waals surface area contributed by atoms with E-state index in [2.05, 4.69) is 96.9 Å². The van der Waals surface area contributed by atoms with Gasteiger partial charge >= 0.3 is 0 Å². The van der Waals surface area contributed by atoms with E-state index in [1.54, 1.807) is 0 Å². The van der Waals surface area contributed by atoms with Gasteiger partial charge in [0.2, 0.25) is 0 Å². The van der Waals surface area contributed by atoms with E-state index in [0.717, 1.165) is 47.3 Å². The van der Waals surface area contributed by atoms with Crippen molar-refractivity contribution in [3.8, 4) is 0 Å². The average Bonchev–Trinajstić information content (AvgIpc) is 2.66. The van der Waals surface area contributed by atoms with Crippen molar-refractivity contribution in [2.24, 2.45) is 52.8 Å². The Bertz CT molecular complexity index is 357. The van der Waals surface area contributed by atoms with Gasteiger partial charge in [-0.2, -0.15) is 0 Å². The molecule has 5 unspecified atom stereocenters. The largest absolute Gasteiger partial charge is 0.0683 e. The van der Waals surface area contributed by atoms with Gasteiger partial charge in [-0.3, -0.25) is 0 Å². The van der Waals surface area contributed by atoms with Gasteiger partial charge in [-0.25, -0.2) is 0 Å². The lowest BCUT2D eigenvalue weighted by molar-refractivity contribution is 0.122. The topological polar surface area (TPSA) is 0 Å². The van der Waals surface area contributed by atoms with Gasteiger partial charge in [-0.05, 0) is 65.6 Å². The van der Waals surface area contributed by atoms with Crippen LogP contribution in [0.25, 0.3) is 0 Å². The molecule has 0 aliphatic heterocycles. The van der Waals surface area contributed by atoms with Crippen LogP contribution in [0, 0.1) is 52.8 Å². The van der Waals surface area contributed by atoms with Gasteiger partial charge in [0, 0.05) is 0 Å². The summed E-state index contributed by atoms with van der Waals surface area (Å²) in [7, 11) is 0. The molecular formula is C31H68. The molecule has 0 heteroatoms. The van der Waals surface area contributed by atoms with Gasteiger partial charge in [-0.1, -0.05) is 136 Å². The van der Waals surface area contributed by atoms with Crippen molar-refractivity contribution in [3.05, 3.63) is 0 Å². The van der Waals surface area contributed by atoms with E-state index in [1.165, 1.54) is 38.5 Å². The predicted molar refractivity (Wildman–Crippen MR) is 149 cm³/mol. The summed E-state index contributed by atoms with van der Waals surface area (Å²) in [6.45, 7) is 37.2. The van der Waals surface area contributed by atoms with Crippen molar-refractivity contribution in [1.29, 1.82) is 0 Å². The summed E-state index contributed by atoms with van der Waals surface area (Å²) >= 11 is 0. The summed E-state index contributed by atoms with van der Waals surface area (Å²) in [5.74, 6) is 6.90. The standard InChI is InChI=1S/C16H34.C13H28.C2H6/c1-11(2)13(5)14(6)15(12(3)4)10-16(7,8)9;1-6-8-12(5)10-13(9-7-2)11(3)4;1-2/h11-15H,10H2,1-9H3;11-13H,6-10H2,1-5H3;1-2H3. The molecular weight excluding hydrogens is 372 g/mol. The van der Waals surface area contributed by atoms with E-state index < -0.39 is 0 Å². The van der Waals surface area contributed by atoms with Crippen molar-refractivity contribution in [2.75, 3.05) is 0 Å². The van der Waals surface area contributed by atoms with Crippen LogP contribution in [0.3, 0.4) is 0 Å². The summed E-state index contributed by atoms with van der Waals surface area (Å²) in [6.07, 6.45) is 8.32. The summed E-state index contributed by atoms with van der Waals surface area (Å²) in [4.78, 5) is 0. The molecule has 0 spiro atoms. The van der Waals surface area contributed by atoms with Gasteiger partial charge < -0.3 is 0 Å². The van der Waals surface area contributed by atoms with Crippen LogP contribution in [-0.4, -0.2) is 0 Å². The van der Waals surface area contributed by atoms with Crippen LogP contribution in [0.2, 0.25) is 0 Å². The zero-order valence-corrected chi connectivity index (χ0v) is 25.4. The number of hydrogen-bond donors (Lipinski definition) is 0. The molecule has 5 atom stereocenters. The predicted octanol–water partition coefficient (Wildman–Crippen LogP) is 11.5. The second-order valence-electron chi connectivity index (χ2n) is 12.6. The van der Waals surface area contributed by atoms with Crippen LogP contribution in [0.5, 0.6) is 0 Å². The molecule has 0 aromatic heterocycles. The smallest absolute Gasteiger partial charge is 0.0358 e. The third-order valence-electron chi connectivity index (χ3n) is 7.35. The minimum atomic E-state index is 0.458. The van der Waals surface area contributed by atoms with Crippen LogP contribution in [0.15, 0.2) is 0 Å². The Kier molecular flexibility index (Phi) is 22.3. The fourth-order valence-corrected chi connectivity index (χ4v) is 4.95. The molecule has 0 heterocycles.